The first-order valence-corrected chi connectivity index (χ1v) is 13.9. The molecule has 194 valence electrons. The molecule has 2 aromatic heterocycles. The molecular weight excluding hydrogens is 486 g/mol. The zero-order chi connectivity index (χ0) is 27.5. The van der Waals surface area contributed by atoms with Gasteiger partial charge in [-0.25, -0.2) is 9.97 Å². The van der Waals surface area contributed by atoms with E-state index in [2.05, 4.69) is 124 Å². The van der Waals surface area contributed by atoms with Crippen LogP contribution < -0.4 is 0 Å². The Balaban J connectivity index is 1.45. The summed E-state index contributed by atoms with van der Waals surface area (Å²) < 4.78 is 0. The van der Waals surface area contributed by atoms with Crippen molar-refractivity contribution in [2.75, 3.05) is 0 Å². The van der Waals surface area contributed by atoms with Gasteiger partial charge in [-0.15, -0.1) is 0 Å². The summed E-state index contributed by atoms with van der Waals surface area (Å²) in [4.78, 5) is 14.6. The number of fused-ring (bicyclic) bond motifs is 4. The molecule has 0 atom stereocenters. The number of para-hydroxylation sites is 1. The maximum atomic E-state index is 5.29. The average Bonchev–Trinajstić information content (AvgIpc) is 3.00. The molecule has 0 N–H and O–H groups in total. The van der Waals surface area contributed by atoms with E-state index < -0.39 is 0 Å². The summed E-state index contributed by atoms with van der Waals surface area (Å²) in [6, 6.07) is 36.5. The summed E-state index contributed by atoms with van der Waals surface area (Å²) in [6.45, 7) is 9.45. The number of hydrogen-bond acceptors (Lipinski definition) is 3. The summed E-state index contributed by atoms with van der Waals surface area (Å²) in [5.74, 6) is 0.758. The van der Waals surface area contributed by atoms with E-state index >= 15 is 0 Å². The van der Waals surface area contributed by atoms with Crippen LogP contribution in [-0.2, 0) is 10.8 Å². The Labute approximate surface area is 235 Å². The minimum absolute atomic E-state index is 0.0266. The average molecular weight is 518 g/mol. The number of aromatic nitrogens is 3. The predicted molar refractivity (Wildman–Crippen MR) is 165 cm³/mol. The first kappa shape index (κ1) is 24.4. The van der Waals surface area contributed by atoms with Crippen LogP contribution in [0.15, 0.2) is 116 Å². The summed E-state index contributed by atoms with van der Waals surface area (Å²) in [7, 11) is 0. The quantitative estimate of drug-likeness (QED) is 0.235. The van der Waals surface area contributed by atoms with Crippen molar-refractivity contribution in [3.8, 4) is 44.9 Å². The van der Waals surface area contributed by atoms with E-state index in [9.17, 15) is 0 Å². The lowest BCUT2D eigenvalue weighted by atomic mass is 9.55. The van der Waals surface area contributed by atoms with Crippen LogP contribution in [0.1, 0.15) is 38.8 Å². The third-order valence-electron chi connectivity index (χ3n) is 9.19. The minimum Gasteiger partial charge on any atom is -0.265 e. The molecule has 3 nitrogen and oxygen atoms in total. The highest BCUT2D eigenvalue weighted by atomic mass is 14.9. The maximum Gasteiger partial charge on any atom is 0.161 e. The smallest absolute Gasteiger partial charge is 0.161 e. The van der Waals surface area contributed by atoms with Crippen molar-refractivity contribution < 1.29 is 0 Å². The lowest BCUT2D eigenvalue weighted by Crippen LogP contribution is -2.43. The Morgan fingerprint density at radius 2 is 1.10 bits per heavy atom. The molecule has 0 saturated carbocycles. The molecule has 6 aromatic rings. The van der Waals surface area contributed by atoms with E-state index in [-0.39, 0.29) is 10.8 Å². The van der Waals surface area contributed by atoms with Gasteiger partial charge >= 0.3 is 0 Å². The van der Waals surface area contributed by atoms with Crippen molar-refractivity contribution in [2.24, 2.45) is 0 Å². The van der Waals surface area contributed by atoms with Gasteiger partial charge in [-0.05, 0) is 62.4 Å². The monoisotopic (exact) mass is 517 g/mol. The number of pyridine rings is 1. The third kappa shape index (κ3) is 3.61. The van der Waals surface area contributed by atoms with Crippen LogP contribution in [0.3, 0.4) is 0 Å². The maximum absolute atomic E-state index is 5.29. The van der Waals surface area contributed by atoms with Crippen molar-refractivity contribution in [3.63, 3.8) is 0 Å². The highest BCUT2D eigenvalue weighted by Gasteiger charge is 2.46. The number of benzene rings is 4. The van der Waals surface area contributed by atoms with E-state index in [1.165, 1.54) is 22.3 Å². The van der Waals surface area contributed by atoms with E-state index in [0.717, 1.165) is 44.7 Å². The lowest BCUT2D eigenvalue weighted by Gasteiger charge is -2.48. The molecule has 3 heteroatoms. The zero-order valence-corrected chi connectivity index (χ0v) is 23.3. The van der Waals surface area contributed by atoms with Crippen LogP contribution in [0.2, 0.25) is 0 Å². The van der Waals surface area contributed by atoms with Gasteiger partial charge in [0.15, 0.2) is 5.82 Å². The number of hydrogen-bond donors (Lipinski definition) is 0. The topological polar surface area (TPSA) is 38.7 Å². The van der Waals surface area contributed by atoms with Crippen LogP contribution in [0.25, 0.3) is 55.8 Å². The lowest BCUT2D eigenvalue weighted by molar-refractivity contribution is 0.299. The standard InChI is InChI=1S/C37H31N3/c1-36(2)30-13-7-5-10-27(30)33-29(12-9-14-31(33)37(36,3)4)35-39-32-15-8-6-11-28(32)34(40-35)26-18-16-24(17-19-26)25-20-22-38-23-21-25/h5-23H,1-4H3. The molecule has 0 saturated heterocycles. The molecule has 0 amide bonds. The molecule has 1 aliphatic carbocycles. The van der Waals surface area contributed by atoms with Gasteiger partial charge < -0.3 is 0 Å². The summed E-state index contributed by atoms with van der Waals surface area (Å²) in [6.07, 6.45) is 3.66. The van der Waals surface area contributed by atoms with Crippen molar-refractivity contribution in [2.45, 2.75) is 38.5 Å². The Morgan fingerprint density at radius 3 is 1.90 bits per heavy atom. The molecule has 2 heterocycles. The van der Waals surface area contributed by atoms with Gasteiger partial charge in [0.05, 0.1) is 11.2 Å². The Bertz CT molecular complexity index is 1880. The van der Waals surface area contributed by atoms with E-state index in [4.69, 9.17) is 9.97 Å². The van der Waals surface area contributed by atoms with Crippen LogP contribution in [0.5, 0.6) is 0 Å². The Kier molecular flexibility index (Phi) is 5.47. The highest BCUT2D eigenvalue weighted by Crippen LogP contribution is 2.55. The van der Waals surface area contributed by atoms with Crippen LogP contribution in [0.4, 0.5) is 0 Å². The van der Waals surface area contributed by atoms with Crippen molar-refractivity contribution >= 4 is 10.9 Å². The molecule has 0 unspecified atom stereocenters. The molecule has 1 aliphatic rings. The number of rotatable bonds is 3. The fourth-order valence-electron chi connectivity index (χ4n) is 6.25. The second-order valence-electron chi connectivity index (χ2n) is 11.7. The van der Waals surface area contributed by atoms with Crippen LogP contribution in [-0.4, -0.2) is 15.0 Å². The predicted octanol–water partition coefficient (Wildman–Crippen LogP) is 9.26. The second kappa shape index (κ2) is 8.96. The van der Waals surface area contributed by atoms with E-state index in [1.807, 2.05) is 24.5 Å². The van der Waals surface area contributed by atoms with Crippen molar-refractivity contribution in [1.29, 1.82) is 0 Å². The van der Waals surface area contributed by atoms with Gasteiger partial charge in [0, 0.05) is 28.9 Å². The molecule has 40 heavy (non-hydrogen) atoms. The Hall–Kier alpha value is -4.63. The molecule has 0 aliphatic heterocycles. The van der Waals surface area contributed by atoms with Gasteiger partial charge in [0.1, 0.15) is 0 Å². The number of nitrogens with zero attached hydrogens (tertiary/aromatic N) is 3. The Morgan fingerprint density at radius 1 is 0.500 bits per heavy atom. The van der Waals surface area contributed by atoms with E-state index in [1.54, 1.807) is 0 Å². The largest absolute Gasteiger partial charge is 0.265 e. The van der Waals surface area contributed by atoms with Crippen molar-refractivity contribution in [3.05, 3.63) is 127 Å². The molecule has 0 radical (unpaired) electrons. The van der Waals surface area contributed by atoms with Gasteiger partial charge in [-0.3, -0.25) is 4.98 Å². The summed E-state index contributed by atoms with van der Waals surface area (Å²) in [5.41, 5.74) is 11.5. The SMILES string of the molecule is CC1(C)c2ccccc2-c2c(-c3nc(-c4ccc(-c5ccncc5)cc4)c4ccccc4n3)cccc2C1(C)C. The molecule has 7 rings (SSSR count). The molecule has 0 spiro atoms. The fraction of sp³-hybridized carbons (Fsp3) is 0.162. The highest BCUT2D eigenvalue weighted by molar-refractivity contribution is 5.96. The fourth-order valence-corrected chi connectivity index (χ4v) is 6.25. The van der Waals surface area contributed by atoms with Gasteiger partial charge in [-0.1, -0.05) is 113 Å². The van der Waals surface area contributed by atoms with Crippen LogP contribution in [0, 0.1) is 0 Å². The molecule has 0 fully saturated rings. The normalized spacial score (nSPS) is 14.9. The summed E-state index contributed by atoms with van der Waals surface area (Å²) >= 11 is 0. The van der Waals surface area contributed by atoms with E-state index in [0.29, 0.717) is 0 Å². The minimum atomic E-state index is -0.0742. The molecule has 0 bridgehead atoms. The first-order valence-electron chi connectivity index (χ1n) is 13.9. The summed E-state index contributed by atoms with van der Waals surface area (Å²) in [5, 5.41) is 1.05. The zero-order valence-electron chi connectivity index (χ0n) is 23.3. The molecule has 4 aromatic carbocycles. The van der Waals surface area contributed by atoms with Crippen molar-refractivity contribution in [1.82, 2.24) is 15.0 Å². The van der Waals surface area contributed by atoms with Gasteiger partial charge in [-0.2, -0.15) is 0 Å². The van der Waals surface area contributed by atoms with Crippen LogP contribution >= 0.6 is 0 Å². The first-order chi connectivity index (χ1) is 19.4. The second-order valence-corrected chi connectivity index (χ2v) is 11.7. The third-order valence-corrected chi connectivity index (χ3v) is 9.19. The molecular formula is C37H31N3. The van der Waals surface area contributed by atoms with Gasteiger partial charge in [0.2, 0.25) is 0 Å². The van der Waals surface area contributed by atoms with Gasteiger partial charge in [0.25, 0.3) is 0 Å².